The predicted octanol–water partition coefficient (Wildman–Crippen LogP) is 2.98. The van der Waals surface area contributed by atoms with Crippen LogP contribution >= 0.6 is 0 Å². The van der Waals surface area contributed by atoms with E-state index in [2.05, 4.69) is 27.3 Å². The van der Waals surface area contributed by atoms with Gasteiger partial charge in [0, 0.05) is 38.6 Å². The van der Waals surface area contributed by atoms with Crippen LogP contribution in [0.15, 0.2) is 24.5 Å². The first kappa shape index (κ1) is 21.8. The highest BCUT2D eigenvalue weighted by Crippen LogP contribution is 2.44. The fourth-order valence-electron chi connectivity index (χ4n) is 6.23. The molecule has 2 spiro atoms. The molecule has 1 N–H and O–H groups in total. The maximum atomic E-state index is 13.0. The lowest BCUT2D eigenvalue weighted by atomic mass is 9.75. The van der Waals surface area contributed by atoms with Gasteiger partial charge in [-0.25, -0.2) is 0 Å². The van der Waals surface area contributed by atoms with E-state index in [-0.39, 0.29) is 35.9 Å². The fraction of sp³-hybridized carbons (Fsp3) is 0.720. The summed E-state index contributed by atoms with van der Waals surface area (Å²) < 4.78 is 12.2. The molecule has 0 aromatic carbocycles. The summed E-state index contributed by atoms with van der Waals surface area (Å²) in [6, 6.07) is 4.16. The normalized spacial score (nSPS) is 29.3. The van der Waals surface area contributed by atoms with E-state index >= 15 is 0 Å². The summed E-state index contributed by atoms with van der Waals surface area (Å²) >= 11 is 0. The van der Waals surface area contributed by atoms with Crippen molar-refractivity contribution in [1.82, 2.24) is 15.2 Å². The summed E-state index contributed by atoms with van der Waals surface area (Å²) in [5.74, 6) is -0.599. The van der Waals surface area contributed by atoms with E-state index < -0.39 is 5.60 Å². The van der Waals surface area contributed by atoms with Gasteiger partial charge >= 0.3 is 5.97 Å². The minimum atomic E-state index is -0.557. The highest BCUT2D eigenvalue weighted by Gasteiger charge is 2.53. The van der Waals surface area contributed by atoms with Crippen molar-refractivity contribution in [2.75, 3.05) is 19.6 Å². The molecular weight excluding hydrogens is 406 g/mol. The molecule has 5 rings (SSSR count). The molecule has 4 fully saturated rings. The number of carbonyl (C=O) groups is 2. The average Bonchev–Trinajstić information content (AvgIpc) is 3.35. The second-order valence-electron chi connectivity index (χ2n) is 10.2. The number of nitrogens with one attached hydrogen (secondary N) is 1. The van der Waals surface area contributed by atoms with Crippen molar-refractivity contribution in [1.29, 1.82) is 0 Å². The second-order valence-corrected chi connectivity index (χ2v) is 10.2. The van der Waals surface area contributed by atoms with Crippen molar-refractivity contribution >= 4 is 11.9 Å². The SMILES string of the molecule is O=C1CC(C(=O)NCC2CCC3(CCN(Cc4ccncc4)CC3)O2)C2(CCCCC2)O1. The van der Waals surface area contributed by atoms with Crippen LogP contribution in [0.3, 0.4) is 0 Å². The number of likely N-dealkylation sites (tertiary alicyclic amines) is 1. The lowest BCUT2D eigenvalue weighted by molar-refractivity contribution is -0.153. The fourth-order valence-corrected chi connectivity index (χ4v) is 6.23. The maximum Gasteiger partial charge on any atom is 0.307 e. The highest BCUT2D eigenvalue weighted by molar-refractivity contribution is 5.87. The Kier molecular flexibility index (Phi) is 6.21. The standard InChI is InChI=1S/C25H35N3O4/c29-22-16-21(25(32-22)7-2-1-3-8-25)23(30)27-17-20-4-9-24(31-20)10-14-28(15-11-24)18-19-5-12-26-13-6-19/h5-6,12-13,20-21H,1-4,7-11,14-18H2,(H,27,30). The van der Waals surface area contributed by atoms with Crippen LogP contribution in [0.25, 0.3) is 0 Å². The third-order valence-corrected chi connectivity index (χ3v) is 8.10. The zero-order valence-electron chi connectivity index (χ0n) is 18.9. The Morgan fingerprint density at radius 2 is 1.84 bits per heavy atom. The number of nitrogens with zero attached hydrogens (tertiary/aromatic N) is 2. The Morgan fingerprint density at radius 3 is 2.59 bits per heavy atom. The number of carbonyl (C=O) groups excluding carboxylic acids is 2. The Balaban J connectivity index is 1.09. The lowest BCUT2D eigenvalue weighted by Gasteiger charge is -2.39. The number of ether oxygens (including phenoxy) is 2. The Morgan fingerprint density at radius 1 is 1.09 bits per heavy atom. The van der Waals surface area contributed by atoms with Gasteiger partial charge in [-0.15, -0.1) is 0 Å². The van der Waals surface area contributed by atoms with Gasteiger partial charge in [0.2, 0.25) is 5.91 Å². The van der Waals surface area contributed by atoms with E-state index in [0.717, 1.165) is 77.4 Å². The molecule has 1 aromatic heterocycles. The van der Waals surface area contributed by atoms with Crippen molar-refractivity contribution in [3.63, 3.8) is 0 Å². The van der Waals surface area contributed by atoms with Gasteiger partial charge in [-0.2, -0.15) is 0 Å². The van der Waals surface area contributed by atoms with Crippen molar-refractivity contribution in [2.24, 2.45) is 5.92 Å². The van der Waals surface area contributed by atoms with Gasteiger partial charge in [-0.05, 0) is 69.1 Å². The van der Waals surface area contributed by atoms with Crippen LogP contribution in [0, 0.1) is 5.92 Å². The van der Waals surface area contributed by atoms with Gasteiger partial charge in [-0.1, -0.05) is 6.42 Å². The number of hydrogen-bond acceptors (Lipinski definition) is 6. The molecule has 2 atom stereocenters. The van der Waals surface area contributed by atoms with E-state index in [4.69, 9.17) is 9.47 Å². The van der Waals surface area contributed by atoms with Gasteiger partial charge in [0.05, 0.1) is 24.0 Å². The summed E-state index contributed by atoms with van der Waals surface area (Å²) in [4.78, 5) is 31.6. The first-order valence-electron chi connectivity index (χ1n) is 12.3. The Bertz CT molecular complexity index is 816. The monoisotopic (exact) mass is 441 g/mol. The van der Waals surface area contributed by atoms with E-state index in [0.29, 0.717) is 6.54 Å². The van der Waals surface area contributed by atoms with Crippen LogP contribution in [0.4, 0.5) is 0 Å². The zero-order valence-corrected chi connectivity index (χ0v) is 18.9. The number of esters is 1. The molecule has 7 nitrogen and oxygen atoms in total. The first-order chi connectivity index (χ1) is 15.6. The molecule has 4 aliphatic rings. The summed E-state index contributed by atoms with van der Waals surface area (Å²) in [5.41, 5.74) is 0.703. The largest absolute Gasteiger partial charge is 0.458 e. The quantitative estimate of drug-likeness (QED) is 0.708. The minimum absolute atomic E-state index is 0.0329. The van der Waals surface area contributed by atoms with Gasteiger partial charge < -0.3 is 14.8 Å². The molecule has 3 saturated heterocycles. The van der Waals surface area contributed by atoms with E-state index in [1.807, 2.05) is 12.4 Å². The third kappa shape index (κ3) is 4.55. The molecule has 1 aliphatic carbocycles. The summed E-state index contributed by atoms with van der Waals surface area (Å²) in [7, 11) is 0. The highest BCUT2D eigenvalue weighted by atomic mass is 16.6. The van der Waals surface area contributed by atoms with E-state index in [1.165, 1.54) is 5.56 Å². The minimum Gasteiger partial charge on any atom is -0.458 e. The topological polar surface area (TPSA) is 80.8 Å². The van der Waals surface area contributed by atoms with E-state index in [1.54, 1.807) is 0 Å². The predicted molar refractivity (Wildman–Crippen MR) is 119 cm³/mol. The molecule has 32 heavy (non-hydrogen) atoms. The molecule has 7 heteroatoms. The summed E-state index contributed by atoms with van der Waals surface area (Å²) in [6.45, 7) is 3.56. The number of aromatic nitrogens is 1. The molecule has 1 saturated carbocycles. The Labute approximate surface area is 190 Å². The molecule has 4 heterocycles. The maximum absolute atomic E-state index is 13.0. The van der Waals surface area contributed by atoms with Crippen LogP contribution in [0.5, 0.6) is 0 Å². The molecule has 2 unspecified atom stereocenters. The Hall–Kier alpha value is -1.99. The first-order valence-corrected chi connectivity index (χ1v) is 12.3. The average molecular weight is 442 g/mol. The van der Waals surface area contributed by atoms with Crippen molar-refractivity contribution < 1.29 is 19.1 Å². The number of amides is 1. The van der Waals surface area contributed by atoms with Gasteiger partial charge in [0.25, 0.3) is 0 Å². The lowest BCUT2D eigenvalue weighted by Crippen LogP contribution is -2.48. The molecule has 0 bridgehead atoms. The van der Waals surface area contributed by atoms with Crippen LogP contribution < -0.4 is 5.32 Å². The van der Waals surface area contributed by atoms with Crippen LogP contribution in [-0.4, -0.2) is 58.7 Å². The summed E-state index contributed by atoms with van der Waals surface area (Å²) in [5, 5.41) is 3.11. The van der Waals surface area contributed by atoms with Crippen LogP contribution in [0.2, 0.25) is 0 Å². The molecule has 3 aliphatic heterocycles. The molecule has 1 amide bonds. The van der Waals surface area contributed by atoms with Gasteiger partial charge in [-0.3, -0.25) is 19.5 Å². The molecule has 0 radical (unpaired) electrons. The van der Waals surface area contributed by atoms with E-state index in [9.17, 15) is 9.59 Å². The second kappa shape index (κ2) is 9.10. The smallest absolute Gasteiger partial charge is 0.307 e. The third-order valence-electron chi connectivity index (χ3n) is 8.10. The van der Waals surface area contributed by atoms with Crippen molar-refractivity contribution in [3.05, 3.63) is 30.1 Å². The number of hydrogen-bond donors (Lipinski definition) is 1. The zero-order chi connectivity index (χ0) is 22.0. The van der Waals surface area contributed by atoms with Crippen molar-refractivity contribution in [3.8, 4) is 0 Å². The summed E-state index contributed by atoms with van der Waals surface area (Å²) in [6.07, 6.45) is 13.0. The number of rotatable bonds is 5. The van der Waals surface area contributed by atoms with Crippen molar-refractivity contribution in [2.45, 2.75) is 88.1 Å². The molecule has 174 valence electrons. The van der Waals surface area contributed by atoms with Crippen LogP contribution in [0.1, 0.15) is 69.8 Å². The van der Waals surface area contributed by atoms with Gasteiger partial charge in [0.15, 0.2) is 0 Å². The van der Waals surface area contributed by atoms with Gasteiger partial charge in [0.1, 0.15) is 5.60 Å². The number of pyridine rings is 1. The number of piperidine rings is 1. The van der Waals surface area contributed by atoms with Crippen LogP contribution in [-0.2, 0) is 25.6 Å². The molecular formula is C25H35N3O4. The molecule has 1 aromatic rings.